The van der Waals surface area contributed by atoms with Crippen LogP contribution in [0.3, 0.4) is 0 Å². The molecule has 0 aromatic rings. The summed E-state index contributed by atoms with van der Waals surface area (Å²) in [5, 5.41) is 0. The molecule has 0 bridgehead atoms. The molecule has 5 heteroatoms. The van der Waals surface area contributed by atoms with Gasteiger partial charge in [0, 0.05) is 0 Å². The highest BCUT2D eigenvalue weighted by Gasteiger charge is 2.25. The second-order valence-electron chi connectivity index (χ2n) is 3.97. The summed E-state index contributed by atoms with van der Waals surface area (Å²) in [7, 11) is 2.62. The molecule has 1 rings (SSSR count). The summed E-state index contributed by atoms with van der Waals surface area (Å²) in [6.07, 6.45) is 8.02. The lowest BCUT2D eigenvalue weighted by Gasteiger charge is -2.20. The van der Waals surface area contributed by atoms with Crippen molar-refractivity contribution < 1.29 is 13.6 Å². The largest absolute Gasteiger partial charge is 0.334 e. The molecule has 1 aliphatic rings. The van der Waals surface area contributed by atoms with E-state index >= 15 is 0 Å². The first-order valence-corrected chi connectivity index (χ1v) is 7.81. The second-order valence-corrected chi connectivity index (χ2v) is 6.03. The minimum absolute atomic E-state index is 0.350. The highest BCUT2D eigenvalue weighted by atomic mass is 31.2. The molecule has 2 radical (unpaired) electrons. The molecule has 0 aromatic carbocycles. The Bertz CT molecular complexity index is 329. The Hall–Kier alpha value is -0.305. The molecule has 1 unspecified atom stereocenters. The molecule has 0 heterocycles. The van der Waals surface area contributed by atoms with Gasteiger partial charge in [0.15, 0.2) is 0 Å². The lowest BCUT2D eigenvalue weighted by Crippen LogP contribution is -2.05. The summed E-state index contributed by atoms with van der Waals surface area (Å²) in [6, 6.07) is 0. The van der Waals surface area contributed by atoms with Gasteiger partial charge in [0.1, 0.15) is 0 Å². The maximum absolute atomic E-state index is 12.3. The Morgan fingerprint density at radius 1 is 1.41 bits per heavy atom. The molecule has 3 nitrogen and oxygen atoms in total. The van der Waals surface area contributed by atoms with E-state index in [1.54, 1.807) is 0 Å². The van der Waals surface area contributed by atoms with Gasteiger partial charge in [-0.3, -0.25) is 4.57 Å². The maximum Gasteiger partial charge on any atom is 0.334 e. The predicted octanol–water partition coefficient (Wildman–Crippen LogP) is 3.34. The molecule has 0 aliphatic heterocycles. The first kappa shape index (κ1) is 14.8. The van der Waals surface area contributed by atoms with Gasteiger partial charge in [-0.15, -0.1) is 0 Å². The third-order valence-corrected chi connectivity index (χ3v) is 4.65. The third-order valence-electron chi connectivity index (χ3n) is 2.60. The number of hydrogen-bond acceptors (Lipinski definition) is 3. The van der Waals surface area contributed by atoms with Crippen molar-refractivity contribution in [1.82, 2.24) is 0 Å². The van der Waals surface area contributed by atoms with Gasteiger partial charge >= 0.3 is 7.60 Å². The van der Waals surface area contributed by atoms with Crippen LogP contribution in [0.5, 0.6) is 0 Å². The van der Waals surface area contributed by atoms with E-state index in [9.17, 15) is 4.57 Å². The zero-order valence-electron chi connectivity index (χ0n) is 10.6. The van der Waals surface area contributed by atoms with E-state index in [0.29, 0.717) is 31.6 Å². The predicted molar refractivity (Wildman–Crippen MR) is 71.6 cm³/mol. The van der Waals surface area contributed by atoms with Crippen LogP contribution in [0.15, 0.2) is 23.8 Å². The molecule has 0 saturated carbocycles. The van der Waals surface area contributed by atoms with Crippen molar-refractivity contribution >= 4 is 15.4 Å². The molecule has 94 valence electrons. The van der Waals surface area contributed by atoms with Crippen LogP contribution in [0.1, 0.15) is 20.3 Å². The molecule has 0 aromatic heterocycles. The second kappa shape index (κ2) is 7.20. The lowest BCUT2D eigenvalue weighted by molar-refractivity contribution is 0.222. The number of rotatable bonds is 7. The highest BCUT2D eigenvalue weighted by Crippen LogP contribution is 2.50. The fraction of sp³-hybridized carbons (Fsp3) is 0.667. The average Bonchev–Trinajstić information content (AvgIpc) is 2.30. The summed E-state index contributed by atoms with van der Waals surface area (Å²) >= 11 is 0. The van der Waals surface area contributed by atoms with Crippen LogP contribution < -0.4 is 0 Å². The molecule has 17 heavy (non-hydrogen) atoms. The number of allylic oxidation sites excluding steroid dienone is 4. The maximum atomic E-state index is 12.3. The van der Waals surface area contributed by atoms with Crippen LogP contribution in [0.4, 0.5) is 0 Å². The Kier molecular flexibility index (Phi) is 6.25. The van der Waals surface area contributed by atoms with Crippen LogP contribution in [-0.4, -0.2) is 27.2 Å². The number of hydrogen-bond donors (Lipinski definition) is 0. The van der Waals surface area contributed by atoms with E-state index in [4.69, 9.17) is 16.9 Å². The fourth-order valence-electron chi connectivity index (χ4n) is 1.75. The molecule has 1 atom stereocenters. The topological polar surface area (TPSA) is 35.5 Å². The van der Waals surface area contributed by atoms with Gasteiger partial charge in [0.25, 0.3) is 0 Å². The average molecular weight is 254 g/mol. The first-order chi connectivity index (χ1) is 8.13. The monoisotopic (exact) mass is 254 g/mol. The zero-order valence-corrected chi connectivity index (χ0v) is 11.5. The van der Waals surface area contributed by atoms with Crippen molar-refractivity contribution in [3.8, 4) is 0 Å². The Morgan fingerprint density at radius 2 is 2.06 bits per heavy atom. The van der Waals surface area contributed by atoms with E-state index in [1.165, 1.54) is 0 Å². The standard InChI is InChI=1S/C12H20BO3P/c1-3-15-17(14,16-4-2)10-12-7-5-11(9-13)6-8-12/h5,7-8,11H,3-4,6,9-10H2,1-2H3. The molecular weight excluding hydrogens is 234 g/mol. The van der Waals surface area contributed by atoms with Gasteiger partial charge in [0.05, 0.1) is 27.2 Å². The summed E-state index contributed by atoms with van der Waals surface area (Å²) < 4.78 is 22.8. The molecule has 0 N–H and O–H groups in total. The van der Waals surface area contributed by atoms with E-state index in [1.807, 2.05) is 19.9 Å². The zero-order chi connectivity index (χ0) is 12.7. The lowest BCUT2D eigenvalue weighted by atomic mass is 9.85. The van der Waals surface area contributed by atoms with Crippen molar-refractivity contribution in [2.24, 2.45) is 5.92 Å². The minimum Gasteiger partial charge on any atom is -0.309 e. The highest BCUT2D eigenvalue weighted by molar-refractivity contribution is 7.54. The normalized spacial score (nSPS) is 20.4. The van der Waals surface area contributed by atoms with Crippen molar-refractivity contribution in [2.75, 3.05) is 19.4 Å². The van der Waals surface area contributed by atoms with Gasteiger partial charge in [0.2, 0.25) is 0 Å². The summed E-state index contributed by atoms with van der Waals surface area (Å²) in [5.41, 5.74) is 1.01. The SMILES string of the molecule is [B]CC1C=CC(CP(=O)(OCC)OCC)=CC1. The van der Waals surface area contributed by atoms with Crippen molar-refractivity contribution in [3.63, 3.8) is 0 Å². The Balaban J connectivity index is 2.60. The molecule has 0 amide bonds. The molecule has 0 fully saturated rings. The minimum atomic E-state index is -2.97. The molecular formula is C12H20BO3P. The van der Waals surface area contributed by atoms with Gasteiger partial charge in [-0.05, 0) is 31.8 Å². The Labute approximate surface area is 105 Å². The van der Waals surface area contributed by atoms with Gasteiger partial charge < -0.3 is 9.05 Å². The van der Waals surface area contributed by atoms with E-state index in [0.717, 1.165) is 12.0 Å². The molecule has 0 saturated heterocycles. The summed E-state index contributed by atoms with van der Waals surface area (Å²) in [5.74, 6) is 0.400. The Morgan fingerprint density at radius 3 is 2.47 bits per heavy atom. The van der Waals surface area contributed by atoms with Crippen molar-refractivity contribution in [3.05, 3.63) is 23.8 Å². The molecule has 0 spiro atoms. The van der Waals surface area contributed by atoms with Crippen LogP contribution in [0, 0.1) is 5.92 Å². The van der Waals surface area contributed by atoms with E-state index in [-0.39, 0.29) is 0 Å². The fourth-order valence-corrected chi connectivity index (χ4v) is 3.47. The van der Waals surface area contributed by atoms with Crippen LogP contribution in [0.2, 0.25) is 6.32 Å². The van der Waals surface area contributed by atoms with Crippen molar-refractivity contribution in [2.45, 2.75) is 26.6 Å². The van der Waals surface area contributed by atoms with E-state index < -0.39 is 7.60 Å². The van der Waals surface area contributed by atoms with Crippen molar-refractivity contribution in [1.29, 1.82) is 0 Å². The summed E-state index contributed by atoms with van der Waals surface area (Å²) in [4.78, 5) is 0. The van der Waals surface area contributed by atoms with Gasteiger partial charge in [-0.2, -0.15) is 0 Å². The smallest absolute Gasteiger partial charge is 0.309 e. The van der Waals surface area contributed by atoms with Crippen LogP contribution >= 0.6 is 7.60 Å². The summed E-state index contributed by atoms with van der Waals surface area (Å²) in [6.45, 7) is 4.45. The van der Waals surface area contributed by atoms with Crippen LogP contribution in [-0.2, 0) is 13.6 Å². The van der Waals surface area contributed by atoms with Gasteiger partial charge in [-0.25, -0.2) is 0 Å². The molecule has 1 aliphatic carbocycles. The first-order valence-electron chi connectivity index (χ1n) is 6.09. The van der Waals surface area contributed by atoms with Gasteiger partial charge in [-0.1, -0.05) is 24.5 Å². The third kappa shape index (κ3) is 4.83. The van der Waals surface area contributed by atoms with Crippen LogP contribution in [0.25, 0.3) is 0 Å². The van der Waals surface area contributed by atoms with E-state index in [2.05, 4.69) is 12.2 Å². The quantitative estimate of drug-likeness (QED) is 0.516.